The van der Waals surface area contributed by atoms with Crippen LogP contribution >= 0.6 is 0 Å². The minimum atomic E-state index is -0.450. The molecule has 1 aliphatic rings. The van der Waals surface area contributed by atoms with Gasteiger partial charge in [0.2, 0.25) is 11.8 Å². The summed E-state index contributed by atoms with van der Waals surface area (Å²) in [7, 11) is 0. The van der Waals surface area contributed by atoms with Gasteiger partial charge in [0.05, 0.1) is 11.6 Å². The Bertz CT molecular complexity index is 652. The monoisotopic (exact) mass is 269 g/mol. The number of rotatable bonds is 2. The van der Waals surface area contributed by atoms with Gasteiger partial charge in [-0.1, -0.05) is 30.3 Å². The number of hydrogen-bond acceptors (Lipinski definition) is 2. The van der Waals surface area contributed by atoms with Crippen LogP contribution < -0.4 is 4.90 Å². The number of carbonyl (C=O) groups excluding carboxylic acids is 2. The molecule has 3 nitrogen and oxygen atoms in total. The molecule has 1 fully saturated rings. The summed E-state index contributed by atoms with van der Waals surface area (Å²) in [6, 6.07) is 14.6. The molecule has 4 heteroatoms. The lowest BCUT2D eigenvalue weighted by Gasteiger charge is -2.15. The van der Waals surface area contributed by atoms with E-state index < -0.39 is 11.7 Å². The van der Waals surface area contributed by atoms with E-state index in [-0.39, 0.29) is 18.2 Å². The quantitative estimate of drug-likeness (QED) is 0.786. The highest BCUT2D eigenvalue weighted by Gasteiger charge is 2.40. The van der Waals surface area contributed by atoms with E-state index in [2.05, 4.69) is 0 Å². The van der Waals surface area contributed by atoms with E-state index in [1.54, 1.807) is 0 Å². The van der Waals surface area contributed by atoms with Crippen molar-refractivity contribution in [1.82, 2.24) is 0 Å². The Hall–Kier alpha value is -2.49. The van der Waals surface area contributed by atoms with Gasteiger partial charge in [0.1, 0.15) is 5.82 Å². The van der Waals surface area contributed by atoms with Crippen molar-refractivity contribution in [2.75, 3.05) is 4.90 Å². The fourth-order valence-corrected chi connectivity index (χ4v) is 2.44. The number of nitrogens with zero attached hydrogens (tertiary/aromatic N) is 1. The summed E-state index contributed by atoms with van der Waals surface area (Å²) in [6.45, 7) is 0. The molecule has 0 aromatic heterocycles. The zero-order chi connectivity index (χ0) is 14.1. The molecule has 0 aliphatic carbocycles. The maximum atomic E-state index is 12.9. The van der Waals surface area contributed by atoms with Gasteiger partial charge < -0.3 is 0 Å². The normalized spacial score (nSPS) is 18.6. The van der Waals surface area contributed by atoms with Crippen molar-refractivity contribution in [1.29, 1.82) is 0 Å². The third-order valence-corrected chi connectivity index (χ3v) is 3.43. The van der Waals surface area contributed by atoms with Crippen LogP contribution in [0, 0.1) is 5.82 Å². The average molecular weight is 269 g/mol. The Morgan fingerprint density at radius 1 is 0.950 bits per heavy atom. The van der Waals surface area contributed by atoms with Crippen molar-refractivity contribution >= 4 is 17.5 Å². The second kappa shape index (κ2) is 4.89. The largest absolute Gasteiger partial charge is 0.274 e. The van der Waals surface area contributed by atoms with Crippen molar-refractivity contribution < 1.29 is 14.0 Å². The summed E-state index contributed by atoms with van der Waals surface area (Å²) in [6.07, 6.45) is 0.153. The molecule has 20 heavy (non-hydrogen) atoms. The SMILES string of the molecule is O=C1CC(c2ccccc2)C(=O)N1c1ccc(F)cc1. The van der Waals surface area contributed by atoms with E-state index in [0.29, 0.717) is 5.69 Å². The third kappa shape index (κ3) is 2.09. The topological polar surface area (TPSA) is 37.4 Å². The number of carbonyl (C=O) groups is 2. The zero-order valence-electron chi connectivity index (χ0n) is 10.6. The van der Waals surface area contributed by atoms with Crippen LogP contribution in [-0.4, -0.2) is 11.8 Å². The maximum Gasteiger partial charge on any atom is 0.241 e. The van der Waals surface area contributed by atoms with E-state index in [0.717, 1.165) is 10.5 Å². The van der Waals surface area contributed by atoms with Crippen molar-refractivity contribution in [3.63, 3.8) is 0 Å². The Balaban J connectivity index is 1.93. The van der Waals surface area contributed by atoms with Gasteiger partial charge in [-0.25, -0.2) is 4.39 Å². The van der Waals surface area contributed by atoms with Crippen LogP contribution in [0.4, 0.5) is 10.1 Å². The molecule has 2 aromatic carbocycles. The van der Waals surface area contributed by atoms with Crippen molar-refractivity contribution in [2.45, 2.75) is 12.3 Å². The number of imide groups is 1. The Labute approximate surface area is 115 Å². The number of amides is 2. The molecule has 0 saturated carbocycles. The van der Waals surface area contributed by atoms with Gasteiger partial charge in [-0.3, -0.25) is 14.5 Å². The number of benzene rings is 2. The first kappa shape index (κ1) is 12.5. The molecule has 0 bridgehead atoms. The summed E-state index contributed by atoms with van der Waals surface area (Å²) in [5.74, 6) is -1.36. The molecule has 0 spiro atoms. The lowest BCUT2D eigenvalue weighted by Crippen LogP contribution is -2.29. The first-order valence-electron chi connectivity index (χ1n) is 6.34. The fourth-order valence-electron chi connectivity index (χ4n) is 2.44. The smallest absolute Gasteiger partial charge is 0.241 e. The average Bonchev–Trinajstić information content (AvgIpc) is 2.76. The predicted octanol–water partition coefficient (Wildman–Crippen LogP) is 2.87. The zero-order valence-corrected chi connectivity index (χ0v) is 10.6. The van der Waals surface area contributed by atoms with E-state index in [1.807, 2.05) is 30.3 Å². The summed E-state index contributed by atoms with van der Waals surface area (Å²) < 4.78 is 12.9. The van der Waals surface area contributed by atoms with Crippen LogP contribution in [0.25, 0.3) is 0 Å². The van der Waals surface area contributed by atoms with Crippen molar-refractivity contribution in [2.24, 2.45) is 0 Å². The van der Waals surface area contributed by atoms with Gasteiger partial charge in [0, 0.05) is 6.42 Å². The second-order valence-electron chi connectivity index (χ2n) is 4.71. The molecular formula is C16H12FNO2. The molecular weight excluding hydrogens is 257 g/mol. The van der Waals surface area contributed by atoms with Crippen LogP contribution in [0.1, 0.15) is 17.9 Å². The molecule has 1 atom stereocenters. The molecule has 1 heterocycles. The molecule has 1 unspecified atom stereocenters. The lowest BCUT2D eigenvalue weighted by molar-refractivity contribution is -0.121. The van der Waals surface area contributed by atoms with E-state index in [1.165, 1.54) is 24.3 Å². The Kier molecular flexibility index (Phi) is 3.06. The molecule has 1 saturated heterocycles. The summed E-state index contributed by atoms with van der Waals surface area (Å²) in [4.78, 5) is 25.6. The molecule has 3 rings (SSSR count). The summed E-state index contributed by atoms with van der Waals surface area (Å²) >= 11 is 0. The van der Waals surface area contributed by atoms with E-state index >= 15 is 0 Å². The highest BCUT2D eigenvalue weighted by Crippen LogP contribution is 2.32. The molecule has 2 aromatic rings. The van der Waals surface area contributed by atoms with E-state index in [9.17, 15) is 14.0 Å². The van der Waals surface area contributed by atoms with Gasteiger partial charge in [0.25, 0.3) is 0 Å². The molecule has 2 amide bonds. The standard InChI is InChI=1S/C16H12FNO2/c17-12-6-8-13(9-7-12)18-15(19)10-14(16(18)20)11-4-2-1-3-5-11/h1-9,14H,10H2. The Morgan fingerprint density at radius 3 is 2.25 bits per heavy atom. The van der Waals surface area contributed by atoms with Gasteiger partial charge in [0.15, 0.2) is 0 Å². The minimum absolute atomic E-state index is 0.153. The van der Waals surface area contributed by atoms with Gasteiger partial charge in [-0.05, 0) is 29.8 Å². The van der Waals surface area contributed by atoms with E-state index in [4.69, 9.17) is 0 Å². The van der Waals surface area contributed by atoms with Gasteiger partial charge in [-0.2, -0.15) is 0 Å². The molecule has 100 valence electrons. The minimum Gasteiger partial charge on any atom is -0.274 e. The van der Waals surface area contributed by atoms with Gasteiger partial charge in [-0.15, -0.1) is 0 Å². The number of hydrogen-bond donors (Lipinski definition) is 0. The van der Waals surface area contributed by atoms with Crippen molar-refractivity contribution in [3.8, 4) is 0 Å². The first-order chi connectivity index (χ1) is 9.66. The fraction of sp³-hybridized carbons (Fsp3) is 0.125. The highest BCUT2D eigenvalue weighted by molar-refractivity contribution is 6.22. The van der Waals surface area contributed by atoms with Crippen LogP contribution in [-0.2, 0) is 9.59 Å². The molecule has 0 radical (unpaired) electrons. The number of anilines is 1. The highest BCUT2D eigenvalue weighted by atomic mass is 19.1. The second-order valence-corrected chi connectivity index (χ2v) is 4.71. The lowest BCUT2D eigenvalue weighted by atomic mass is 9.98. The third-order valence-electron chi connectivity index (χ3n) is 3.43. The maximum absolute atomic E-state index is 12.9. The van der Waals surface area contributed by atoms with Crippen LogP contribution in [0.15, 0.2) is 54.6 Å². The van der Waals surface area contributed by atoms with Crippen molar-refractivity contribution in [3.05, 3.63) is 66.0 Å². The van der Waals surface area contributed by atoms with Crippen LogP contribution in [0.5, 0.6) is 0 Å². The first-order valence-corrected chi connectivity index (χ1v) is 6.34. The van der Waals surface area contributed by atoms with Crippen LogP contribution in [0.2, 0.25) is 0 Å². The summed E-state index contributed by atoms with van der Waals surface area (Å²) in [5, 5.41) is 0. The van der Waals surface area contributed by atoms with Gasteiger partial charge >= 0.3 is 0 Å². The molecule has 0 N–H and O–H groups in total. The number of halogens is 1. The van der Waals surface area contributed by atoms with Crippen LogP contribution in [0.3, 0.4) is 0 Å². The Morgan fingerprint density at radius 2 is 1.60 bits per heavy atom. The predicted molar refractivity (Wildman–Crippen MR) is 72.7 cm³/mol. The summed E-state index contributed by atoms with van der Waals surface area (Å²) in [5.41, 5.74) is 1.25. The molecule has 1 aliphatic heterocycles.